The molecule has 2 rings (SSSR count). The number of sulfonamides is 1. The number of carbonyl (C=O) groups excluding carboxylic acids is 1. The minimum atomic E-state index is -3.58. The molecule has 0 radical (unpaired) electrons. The van der Waals surface area contributed by atoms with E-state index in [4.69, 9.17) is 0 Å². The second-order valence-electron chi connectivity index (χ2n) is 5.80. The molecule has 0 unspecified atom stereocenters. The molecule has 7 heteroatoms. The normalized spacial score (nSPS) is 11.9. The topological polar surface area (TPSA) is 66.5 Å². The highest BCUT2D eigenvalue weighted by atomic mass is 32.2. The van der Waals surface area contributed by atoms with Crippen LogP contribution in [0.15, 0.2) is 66.1 Å². The molecule has 142 valence electrons. The van der Waals surface area contributed by atoms with Gasteiger partial charge in [0.05, 0.1) is 0 Å². The van der Waals surface area contributed by atoms with Crippen molar-refractivity contribution in [2.45, 2.75) is 0 Å². The predicted octanol–water partition coefficient (Wildman–Crippen LogP) is 2.89. The molecular formula is C20H21FN2O3S. The number of hydrogen-bond acceptors (Lipinski definition) is 3. The van der Waals surface area contributed by atoms with Crippen LogP contribution in [0.5, 0.6) is 0 Å². The van der Waals surface area contributed by atoms with E-state index in [0.717, 1.165) is 11.0 Å². The second kappa shape index (κ2) is 9.80. The number of carbonyl (C=O) groups is 1. The van der Waals surface area contributed by atoms with Gasteiger partial charge in [-0.2, -0.15) is 0 Å². The summed E-state index contributed by atoms with van der Waals surface area (Å²) in [5.41, 5.74) is 1.48. The van der Waals surface area contributed by atoms with Gasteiger partial charge in [-0.25, -0.2) is 17.5 Å². The molecule has 0 aliphatic heterocycles. The highest BCUT2D eigenvalue weighted by Crippen LogP contribution is 2.05. The van der Waals surface area contributed by atoms with Gasteiger partial charge in [-0.15, -0.1) is 0 Å². The van der Waals surface area contributed by atoms with Crippen LogP contribution >= 0.6 is 0 Å². The van der Waals surface area contributed by atoms with Gasteiger partial charge in [0.1, 0.15) is 5.82 Å². The Bertz CT molecular complexity index is 908. The van der Waals surface area contributed by atoms with E-state index < -0.39 is 10.0 Å². The molecule has 1 N–H and O–H groups in total. The summed E-state index contributed by atoms with van der Waals surface area (Å²) < 4.78 is 39.2. The third-order valence-electron chi connectivity index (χ3n) is 3.65. The molecule has 1 amide bonds. The molecule has 0 atom stereocenters. The average molecular weight is 388 g/mol. The van der Waals surface area contributed by atoms with E-state index in [1.807, 2.05) is 18.2 Å². The highest BCUT2D eigenvalue weighted by Gasteiger charge is 2.08. The van der Waals surface area contributed by atoms with Gasteiger partial charge in [-0.3, -0.25) is 4.79 Å². The average Bonchev–Trinajstić information content (AvgIpc) is 2.66. The standard InChI is InChI=1S/C20H21FN2O3S/c1-23(20(24)12-9-18-7-10-19(21)11-8-18)15-14-22-27(25,26)16-13-17-5-3-2-4-6-17/h2-13,16,22H,14-15H2,1H3. The maximum Gasteiger partial charge on any atom is 0.246 e. The third-order valence-corrected chi connectivity index (χ3v) is 4.76. The molecule has 0 spiro atoms. The lowest BCUT2D eigenvalue weighted by atomic mass is 10.2. The zero-order chi connectivity index (χ0) is 19.7. The first-order valence-corrected chi connectivity index (χ1v) is 9.82. The second-order valence-corrected chi connectivity index (χ2v) is 7.45. The quantitative estimate of drug-likeness (QED) is 0.707. The zero-order valence-electron chi connectivity index (χ0n) is 14.9. The molecule has 0 saturated carbocycles. The van der Waals surface area contributed by atoms with Gasteiger partial charge in [0.15, 0.2) is 0 Å². The zero-order valence-corrected chi connectivity index (χ0v) is 15.7. The van der Waals surface area contributed by atoms with Gasteiger partial charge in [0, 0.05) is 31.6 Å². The molecule has 5 nitrogen and oxygen atoms in total. The van der Waals surface area contributed by atoms with E-state index in [2.05, 4.69) is 4.72 Å². The van der Waals surface area contributed by atoms with E-state index in [9.17, 15) is 17.6 Å². The first-order chi connectivity index (χ1) is 12.9. The summed E-state index contributed by atoms with van der Waals surface area (Å²) in [6.07, 6.45) is 4.44. The molecule has 2 aromatic carbocycles. The van der Waals surface area contributed by atoms with Crippen LogP contribution in [-0.2, 0) is 14.8 Å². The summed E-state index contributed by atoms with van der Waals surface area (Å²) in [6, 6.07) is 14.8. The van der Waals surface area contributed by atoms with Gasteiger partial charge in [-0.05, 0) is 35.4 Å². The van der Waals surface area contributed by atoms with Crippen molar-refractivity contribution < 1.29 is 17.6 Å². The van der Waals surface area contributed by atoms with Gasteiger partial charge in [0.25, 0.3) is 0 Å². The third kappa shape index (κ3) is 7.55. The van der Waals surface area contributed by atoms with Crippen LogP contribution in [0, 0.1) is 5.82 Å². The summed E-state index contributed by atoms with van der Waals surface area (Å²) in [5, 5.41) is 1.10. The van der Waals surface area contributed by atoms with E-state index in [-0.39, 0.29) is 24.8 Å². The fourth-order valence-corrected chi connectivity index (χ4v) is 2.92. The Hall–Kier alpha value is -2.77. The molecule has 0 aliphatic rings. The van der Waals surface area contributed by atoms with Crippen molar-refractivity contribution in [3.63, 3.8) is 0 Å². The fraction of sp³-hybridized carbons (Fsp3) is 0.150. The summed E-state index contributed by atoms with van der Waals surface area (Å²) in [5.74, 6) is -0.623. The van der Waals surface area contributed by atoms with E-state index in [1.54, 1.807) is 37.4 Å². The smallest absolute Gasteiger partial charge is 0.246 e. The van der Waals surface area contributed by atoms with E-state index in [1.165, 1.54) is 29.2 Å². The number of amides is 1. The van der Waals surface area contributed by atoms with Gasteiger partial charge < -0.3 is 4.90 Å². The Morgan fingerprint density at radius 1 is 1.04 bits per heavy atom. The molecule has 0 heterocycles. The largest absolute Gasteiger partial charge is 0.341 e. The lowest BCUT2D eigenvalue weighted by molar-refractivity contribution is -0.124. The molecule has 2 aromatic rings. The molecule has 0 aliphatic carbocycles. The molecule has 0 saturated heterocycles. The van der Waals surface area contributed by atoms with Gasteiger partial charge in [-0.1, -0.05) is 42.5 Å². The Labute approximate surface area is 158 Å². The van der Waals surface area contributed by atoms with Crippen LogP contribution < -0.4 is 4.72 Å². The Morgan fingerprint density at radius 3 is 2.33 bits per heavy atom. The number of benzene rings is 2. The first kappa shape index (κ1) is 20.5. The first-order valence-electron chi connectivity index (χ1n) is 8.27. The summed E-state index contributed by atoms with van der Waals surface area (Å²) in [6.45, 7) is 0.305. The number of rotatable bonds is 8. The molecule has 0 fully saturated rings. The maximum absolute atomic E-state index is 12.8. The molecular weight excluding hydrogens is 367 g/mol. The van der Waals surface area contributed by atoms with Crippen LogP contribution in [0.25, 0.3) is 12.2 Å². The molecule has 0 aromatic heterocycles. The minimum absolute atomic E-state index is 0.0914. The minimum Gasteiger partial charge on any atom is -0.341 e. The molecule has 0 bridgehead atoms. The lowest BCUT2D eigenvalue weighted by Crippen LogP contribution is -2.34. The van der Waals surface area contributed by atoms with Crippen LogP contribution in [0.2, 0.25) is 0 Å². The van der Waals surface area contributed by atoms with Crippen molar-refractivity contribution >= 4 is 28.1 Å². The summed E-state index contributed by atoms with van der Waals surface area (Å²) in [7, 11) is -2.01. The number of nitrogens with zero attached hydrogens (tertiary/aromatic N) is 1. The van der Waals surface area contributed by atoms with Crippen LogP contribution in [-0.4, -0.2) is 39.4 Å². The Kier molecular flexibility index (Phi) is 7.45. The van der Waals surface area contributed by atoms with Crippen LogP contribution in [0.1, 0.15) is 11.1 Å². The van der Waals surface area contributed by atoms with E-state index >= 15 is 0 Å². The summed E-state index contributed by atoms with van der Waals surface area (Å²) >= 11 is 0. The Morgan fingerprint density at radius 2 is 1.67 bits per heavy atom. The van der Waals surface area contributed by atoms with Gasteiger partial charge >= 0.3 is 0 Å². The van der Waals surface area contributed by atoms with Crippen molar-refractivity contribution in [3.05, 3.63) is 83.0 Å². The molecule has 27 heavy (non-hydrogen) atoms. The Balaban J connectivity index is 1.80. The van der Waals surface area contributed by atoms with Crippen molar-refractivity contribution in [2.24, 2.45) is 0 Å². The summed E-state index contributed by atoms with van der Waals surface area (Å²) in [4.78, 5) is 13.4. The number of nitrogens with one attached hydrogen (secondary N) is 1. The number of hydrogen-bond donors (Lipinski definition) is 1. The van der Waals surface area contributed by atoms with Crippen molar-refractivity contribution in [3.8, 4) is 0 Å². The van der Waals surface area contributed by atoms with Crippen molar-refractivity contribution in [2.75, 3.05) is 20.1 Å². The van der Waals surface area contributed by atoms with Gasteiger partial charge in [0.2, 0.25) is 15.9 Å². The lowest BCUT2D eigenvalue weighted by Gasteiger charge is -2.15. The van der Waals surface area contributed by atoms with E-state index in [0.29, 0.717) is 5.56 Å². The maximum atomic E-state index is 12.8. The fourth-order valence-electron chi connectivity index (χ4n) is 2.11. The monoisotopic (exact) mass is 388 g/mol. The van der Waals surface area contributed by atoms with Crippen molar-refractivity contribution in [1.29, 1.82) is 0 Å². The number of likely N-dealkylation sites (N-methyl/N-ethyl adjacent to an activating group) is 1. The van der Waals surface area contributed by atoms with Crippen LogP contribution in [0.3, 0.4) is 0 Å². The number of halogens is 1. The highest BCUT2D eigenvalue weighted by molar-refractivity contribution is 7.92. The SMILES string of the molecule is CN(CCNS(=O)(=O)C=Cc1ccccc1)C(=O)C=Cc1ccc(F)cc1. The van der Waals surface area contributed by atoms with Crippen LogP contribution in [0.4, 0.5) is 4.39 Å². The predicted molar refractivity (Wildman–Crippen MR) is 105 cm³/mol. The van der Waals surface area contributed by atoms with Crippen molar-refractivity contribution in [1.82, 2.24) is 9.62 Å².